The van der Waals surface area contributed by atoms with Gasteiger partial charge in [0.2, 0.25) is 0 Å². The predicted octanol–water partition coefficient (Wildman–Crippen LogP) is 3.31. The third-order valence-electron chi connectivity index (χ3n) is 2.60. The Hall–Kier alpha value is -2.24. The molecule has 0 aliphatic carbocycles. The van der Waals surface area contributed by atoms with Gasteiger partial charge in [-0.1, -0.05) is 0 Å². The second-order valence-electron chi connectivity index (χ2n) is 3.98. The zero-order valence-corrected chi connectivity index (χ0v) is 9.70. The highest BCUT2D eigenvalue weighted by Crippen LogP contribution is 2.31. The summed E-state index contributed by atoms with van der Waals surface area (Å²) in [5.41, 5.74) is 4.52. The summed E-state index contributed by atoms with van der Waals surface area (Å²) in [7, 11) is 0. The van der Waals surface area contributed by atoms with E-state index in [1.165, 1.54) is 6.26 Å². The van der Waals surface area contributed by atoms with Crippen LogP contribution in [0.1, 0.15) is 21.7 Å². The van der Waals surface area contributed by atoms with Gasteiger partial charge < -0.3 is 10.2 Å². The van der Waals surface area contributed by atoms with Gasteiger partial charge in [0.1, 0.15) is 5.76 Å². The average Bonchev–Trinajstić information content (AvgIpc) is 2.80. The zero-order valence-electron chi connectivity index (χ0n) is 9.70. The molecule has 0 bridgehead atoms. The molecule has 0 atom stereocenters. The van der Waals surface area contributed by atoms with E-state index in [-0.39, 0.29) is 17.7 Å². The number of furan rings is 1. The van der Waals surface area contributed by atoms with Gasteiger partial charge in [0, 0.05) is 11.3 Å². The first-order valence-electron chi connectivity index (χ1n) is 5.40. The molecular formula is C13H10F3NO2. The summed E-state index contributed by atoms with van der Waals surface area (Å²) in [5.74, 6) is -0.139. The SMILES string of the molecule is Nc1ccc(C(F)(F)F)cc1C(=O)Cc1ccco1. The number of Topliss-reactive ketones (excluding diaryl/α,β-unsaturated/α-hetero) is 1. The molecule has 1 heterocycles. The minimum absolute atomic E-state index is 0.0181. The Morgan fingerprint density at radius 1 is 1.26 bits per heavy atom. The van der Waals surface area contributed by atoms with E-state index in [1.54, 1.807) is 12.1 Å². The van der Waals surface area contributed by atoms with Crippen molar-refractivity contribution in [2.45, 2.75) is 12.6 Å². The van der Waals surface area contributed by atoms with Crippen molar-refractivity contribution in [3.05, 3.63) is 53.5 Å². The van der Waals surface area contributed by atoms with Gasteiger partial charge in [-0.3, -0.25) is 4.79 Å². The monoisotopic (exact) mass is 269 g/mol. The molecule has 2 N–H and O–H groups in total. The first kappa shape index (κ1) is 13.2. The van der Waals surface area contributed by atoms with E-state index in [0.29, 0.717) is 5.76 Å². The molecule has 0 saturated carbocycles. The lowest BCUT2D eigenvalue weighted by atomic mass is 10.0. The van der Waals surface area contributed by atoms with E-state index in [0.717, 1.165) is 18.2 Å². The van der Waals surface area contributed by atoms with Crippen LogP contribution in [0.5, 0.6) is 0 Å². The lowest BCUT2D eigenvalue weighted by Gasteiger charge is -2.10. The molecule has 0 amide bonds. The third-order valence-corrected chi connectivity index (χ3v) is 2.60. The summed E-state index contributed by atoms with van der Waals surface area (Å²) >= 11 is 0. The lowest BCUT2D eigenvalue weighted by molar-refractivity contribution is -0.137. The van der Waals surface area contributed by atoms with E-state index >= 15 is 0 Å². The maximum atomic E-state index is 12.6. The largest absolute Gasteiger partial charge is 0.469 e. The van der Waals surface area contributed by atoms with E-state index in [2.05, 4.69) is 0 Å². The Kier molecular flexibility index (Phi) is 3.33. The molecule has 0 spiro atoms. The Balaban J connectivity index is 2.31. The van der Waals surface area contributed by atoms with E-state index in [9.17, 15) is 18.0 Å². The molecule has 2 rings (SSSR count). The molecule has 3 nitrogen and oxygen atoms in total. The standard InChI is InChI=1S/C13H10F3NO2/c14-13(15,16)8-3-4-11(17)10(6-8)12(18)7-9-2-1-5-19-9/h1-6H,7,17H2. The van der Waals surface area contributed by atoms with E-state index in [4.69, 9.17) is 10.2 Å². The Labute approximate surface area is 106 Å². The second-order valence-corrected chi connectivity index (χ2v) is 3.98. The highest BCUT2D eigenvalue weighted by atomic mass is 19.4. The van der Waals surface area contributed by atoms with Gasteiger partial charge in [0.25, 0.3) is 0 Å². The number of alkyl halides is 3. The number of hydrogen-bond donors (Lipinski definition) is 1. The first-order chi connectivity index (χ1) is 8.88. The van der Waals surface area contributed by atoms with Crippen molar-refractivity contribution in [1.29, 1.82) is 0 Å². The molecule has 100 valence electrons. The Morgan fingerprint density at radius 2 is 2.00 bits per heavy atom. The fourth-order valence-electron chi connectivity index (χ4n) is 1.64. The van der Waals surface area contributed by atoms with Crippen molar-refractivity contribution in [3.8, 4) is 0 Å². The van der Waals surface area contributed by atoms with Crippen molar-refractivity contribution in [3.63, 3.8) is 0 Å². The molecule has 0 unspecified atom stereocenters. The van der Waals surface area contributed by atoms with Gasteiger partial charge in [-0.2, -0.15) is 13.2 Å². The summed E-state index contributed by atoms with van der Waals surface area (Å²) in [5, 5.41) is 0. The summed E-state index contributed by atoms with van der Waals surface area (Å²) in [6.07, 6.45) is -3.25. The minimum atomic E-state index is -4.51. The van der Waals surface area contributed by atoms with Gasteiger partial charge in [-0.05, 0) is 30.3 Å². The minimum Gasteiger partial charge on any atom is -0.469 e. The van der Waals surface area contributed by atoms with Crippen LogP contribution in [0.3, 0.4) is 0 Å². The molecule has 6 heteroatoms. The van der Waals surface area contributed by atoms with Crippen LogP contribution in [0.2, 0.25) is 0 Å². The van der Waals surface area contributed by atoms with Crippen molar-refractivity contribution in [1.82, 2.24) is 0 Å². The molecule has 2 aromatic rings. The van der Waals surface area contributed by atoms with Crippen LogP contribution in [0.25, 0.3) is 0 Å². The van der Waals surface area contributed by atoms with Crippen molar-refractivity contribution >= 4 is 11.5 Å². The number of nitrogen functional groups attached to an aromatic ring is 1. The average molecular weight is 269 g/mol. The molecule has 0 aliphatic rings. The first-order valence-corrected chi connectivity index (χ1v) is 5.40. The maximum Gasteiger partial charge on any atom is 0.416 e. The van der Waals surface area contributed by atoms with E-state index < -0.39 is 17.5 Å². The summed E-state index contributed by atoms with van der Waals surface area (Å²) in [6, 6.07) is 5.86. The molecule has 0 aliphatic heterocycles. The van der Waals surface area contributed by atoms with Crippen LogP contribution < -0.4 is 5.73 Å². The van der Waals surface area contributed by atoms with Crippen molar-refractivity contribution in [2.24, 2.45) is 0 Å². The summed E-state index contributed by atoms with van der Waals surface area (Å²) in [4.78, 5) is 11.9. The number of hydrogen-bond acceptors (Lipinski definition) is 3. The number of halogens is 3. The summed E-state index contributed by atoms with van der Waals surface area (Å²) < 4.78 is 42.7. The molecule has 0 fully saturated rings. The molecule has 0 radical (unpaired) electrons. The normalized spacial score (nSPS) is 11.5. The van der Waals surface area contributed by atoms with Gasteiger partial charge in [-0.25, -0.2) is 0 Å². The predicted molar refractivity (Wildman–Crippen MR) is 62.6 cm³/mol. The molecular weight excluding hydrogens is 259 g/mol. The second kappa shape index (κ2) is 4.79. The Bertz CT molecular complexity index is 588. The van der Waals surface area contributed by atoms with E-state index in [1.807, 2.05) is 0 Å². The van der Waals surface area contributed by atoms with Crippen LogP contribution in [0.4, 0.5) is 18.9 Å². The number of rotatable bonds is 3. The quantitative estimate of drug-likeness (QED) is 0.687. The van der Waals surface area contributed by atoms with Crippen molar-refractivity contribution < 1.29 is 22.4 Å². The van der Waals surface area contributed by atoms with Crippen LogP contribution >= 0.6 is 0 Å². The number of ketones is 1. The van der Waals surface area contributed by atoms with Gasteiger partial charge >= 0.3 is 6.18 Å². The van der Waals surface area contributed by atoms with Crippen LogP contribution in [0, 0.1) is 0 Å². The van der Waals surface area contributed by atoms with Crippen LogP contribution in [-0.4, -0.2) is 5.78 Å². The fourth-order valence-corrected chi connectivity index (χ4v) is 1.64. The molecule has 0 saturated heterocycles. The molecule has 1 aromatic carbocycles. The summed E-state index contributed by atoms with van der Waals surface area (Å²) in [6.45, 7) is 0. The number of nitrogens with two attached hydrogens (primary N) is 1. The topological polar surface area (TPSA) is 56.2 Å². The number of anilines is 1. The van der Waals surface area contributed by atoms with Crippen molar-refractivity contribution in [2.75, 3.05) is 5.73 Å². The third kappa shape index (κ3) is 2.96. The molecule has 1 aromatic heterocycles. The van der Waals surface area contributed by atoms with Crippen LogP contribution in [-0.2, 0) is 12.6 Å². The maximum absolute atomic E-state index is 12.6. The van der Waals surface area contributed by atoms with Gasteiger partial charge in [-0.15, -0.1) is 0 Å². The number of carbonyl (C=O) groups is 1. The zero-order chi connectivity index (χ0) is 14.0. The Morgan fingerprint density at radius 3 is 2.58 bits per heavy atom. The lowest BCUT2D eigenvalue weighted by Crippen LogP contribution is -2.11. The number of carbonyl (C=O) groups excluding carboxylic acids is 1. The smallest absolute Gasteiger partial charge is 0.416 e. The highest BCUT2D eigenvalue weighted by molar-refractivity contribution is 6.01. The van der Waals surface area contributed by atoms with Gasteiger partial charge in [0.15, 0.2) is 5.78 Å². The fraction of sp³-hybridized carbons (Fsp3) is 0.154. The van der Waals surface area contributed by atoms with Crippen LogP contribution in [0.15, 0.2) is 41.0 Å². The highest BCUT2D eigenvalue weighted by Gasteiger charge is 2.31. The van der Waals surface area contributed by atoms with Gasteiger partial charge in [0.05, 0.1) is 18.2 Å². The number of benzene rings is 1. The molecule has 19 heavy (non-hydrogen) atoms.